The molecule has 1 unspecified atom stereocenters. The lowest BCUT2D eigenvalue weighted by molar-refractivity contribution is 0.0596. The number of rotatable bonds is 4. The molecule has 8 heteroatoms. The van der Waals surface area contributed by atoms with Crippen LogP contribution in [0.25, 0.3) is 0 Å². The molecule has 0 heterocycles. The highest BCUT2D eigenvalue weighted by atomic mass is 32.2. The summed E-state index contributed by atoms with van der Waals surface area (Å²) in [5, 5.41) is -0.151. The third-order valence-electron chi connectivity index (χ3n) is 3.93. The summed E-state index contributed by atoms with van der Waals surface area (Å²) in [6, 6.07) is 3.24. The summed E-state index contributed by atoms with van der Waals surface area (Å²) in [7, 11) is -4.57. The Balaban J connectivity index is 3.39. The van der Waals surface area contributed by atoms with Crippen molar-refractivity contribution in [3.8, 4) is 0 Å². The van der Waals surface area contributed by atoms with Gasteiger partial charge in [-0.1, -0.05) is 33.9 Å². The van der Waals surface area contributed by atoms with Crippen molar-refractivity contribution in [2.75, 3.05) is 7.11 Å². The Morgan fingerprint density at radius 1 is 1.36 bits per heavy atom. The summed E-state index contributed by atoms with van der Waals surface area (Å²) in [4.78, 5) is 11.7. The average molecular weight is 347 g/mol. The molecule has 0 aromatic heterocycles. The fourth-order valence-corrected chi connectivity index (χ4v) is 6.84. The van der Waals surface area contributed by atoms with Crippen LogP contribution in [-0.4, -0.2) is 25.5 Å². The number of carbonyl (C=O) groups is 1. The van der Waals surface area contributed by atoms with Crippen molar-refractivity contribution >= 4 is 24.1 Å². The summed E-state index contributed by atoms with van der Waals surface area (Å²) in [6.45, 7) is 9.94. The van der Waals surface area contributed by atoms with Gasteiger partial charge in [-0.3, -0.25) is 0 Å². The molecule has 0 aliphatic rings. The van der Waals surface area contributed by atoms with E-state index in [9.17, 15) is 13.4 Å². The van der Waals surface area contributed by atoms with Gasteiger partial charge < -0.3 is 4.74 Å². The Morgan fingerprint density at radius 3 is 2.36 bits per heavy atom. The lowest BCUT2D eigenvalue weighted by Gasteiger charge is -2.37. The molecule has 0 aliphatic carbocycles. The van der Waals surface area contributed by atoms with Gasteiger partial charge in [-0.2, -0.15) is 0 Å². The quantitative estimate of drug-likeness (QED) is 0.646. The number of hydrogen-bond acceptors (Lipinski definition) is 4. The number of methoxy groups -OCH3 is 1. The highest BCUT2D eigenvalue weighted by Crippen LogP contribution is 2.35. The van der Waals surface area contributed by atoms with Gasteiger partial charge >= 0.3 is 5.97 Å². The standard InChI is InChI=1S/C14H23FN2O3SSi/c1-14(2,3)22(5,6)17-21(16,19)12-8-7-10(15)9-11(12)13(18)20-4/h7-9H,1-6H3,(H2,16,17,19). The van der Waals surface area contributed by atoms with Crippen LogP contribution >= 0.6 is 0 Å². The first kappa shape index (κ1) is 18.8. The number of halogens is 1. The number of hydrogen-bond donors (Lipinski definition) is 2. The fraction of sp³-hybridized carbons (Fsp3) is 0.500. The number of benzene rings is 1. The Kier molecular flexibility index (Phi) is 5.21. The maximum atomic E-state index is 13.4. The number of ether oxygens (including phenoxy) is 1. The van der Waals surface area contributed by atoms with Crippen LogP contribution in [0.5, 0.6) is 0 Å². The lowest BCUT2D eigenvalue weighted by Crippen LogP contribution is -2.54. The van der Waals surface area contributed by atoms with Crippen LogP contribution < -0.4 is 4.39 Å². The van der Waals surface area contributed by atoms with E-state index < -0.39 is 29.9 Å². The molecule has 124 valence electrons. The second kappa shape index (κ2) is 6.09. The van der Waals surface area contributed by atoms with Crippen LogP contribution in [0.4, 0.5) is 4.39 Å². The van der Waals surface area contributed by atoms with E-state index in [1.807, 2.05) is 33.9 Å². The van der Waals surface area contributed by atoms with E-state index in [-0.39, 0.29) is 15.5 Å². The fourth-order valence-electron chi connectivity index (χ4n) is 1.59. The van der Waals surface area contributed by atoms with Crippen LogP contribution in [0.1, 0.15) is 31.1 Å². The summed E-state index contributed by atoms with van der Waals surface area (Å²) in [5.41, 5.74) is -0.186. The van der Waals surface area contributed by atoms with Crippen LogP contribution in [0, 0.1) is 10.6 Å². The second-order valence-corrected chi connectivity index (χ2v) is 13.8. The molecule has 1 atom stereocenters. The number of esters is 1. The van der Waals surface area contributed by atoms with Crippen molar-refractivity contribution in [1.29, 1.82) is 4.78 Å². The summed E-state index contributed by atoms with van der Waals surface area (Å²) in [6.07, 6.45) is 0. The van der Waals surface area contributed by atoms with Crippen LogP contribution in [0.2, 0.25) is 18.1 Å². The summed E-state index contributed by atoms with van der Waals surface area (Å²) in [5.74, 6) is -1.46. The third kappa shape index (κ3) is 3.93. The van der Waals surface area contributed by atoms with Gasteiger partial charge in [-0.15, -0.1) is 0 Å². The number of nitrogens with one attached hydrogen (secondary N) is 2. The highest BCUT2D eigenvalue weighted by molar-refractivity contribution is 7.92. The van der Waals surface area contributed by atoms with Crippen molar-refractivity contribution < 1.29 is 18.1 Å². The van der Waals surface area contributed by atoms with Gasteiger partial charge in [0.1, 0.15) is 24.0 Å². The molecule has 0 amide bonds. The Bertz CT molecular complexity index is 682. The summed E-state index contributed by atoms with van der Waals surface area (Å²) < 4.78 is 42.0. The molecule has 2 N–H and O–H groups in total. The first-order valence-corrected chi connectivity index (χ1v) is 11.3. The van der Waals surface area contributed by atoms with Crippen molar-refractivity contribution in [2.45, 2.75) is 43.8 Å². The molecule has 0 saturated carbocycles. The molecule has 0 bridgehead atoms. The van der Waals surface area contributed by atoms with Gasteiger partial charge in [0.05, 0.1) is 17.6 Å². The molecule has 0 fully saturated rings. The van der Waals surface area contributed by atoms with E-state index in [2.05, 4.69) is 9.12 Å². The van der Waals surface area contributed by atoms with E-state index >= 15 is 0 Å². The largest absolute Gasteiger partial charge is 0.465 e. The average Bonchev–Trinajstić information content (AvgIpc) is 2.34. The molecule has 1 aromatic rings. The molecule has 0 radical (unpaired) electrons. The minimum Gasteiger partial charge on any atom is -0.465 e. The van der Waals surface area contributed by atoms with E-state index in [0.29, 0.717) is 0 Å². The van der Waals surface area contributed by atoms with Gasteiger partial charge in [0, 0.05) is 0 Å². The topological polar surface area (TPSA) is 79.2 Å². The first-order valence-electron chi connectivity index (χ1n) is 6.77. The highest BCUT2D eigenvalue weighted by Gasteiger charge is 2.39. The predicted molar refractivity (Wildman–Crippen MR) is 87.2 cm³/mol. The zero-order valence-corrected chi connectivity index (χ0v) is 15.6. The zero-order chi connectivity index (χ0) is 17.3. The maximum Gasteiger partial charge on any atom is 0.339 e. The normalized spacial score (nSPS) is 15.2. The third-order valence-corrected chi connectivity index (χ3v) is 11.8. The Morgan fingerprint density at radius 2 is 1.91 bits per heavy atom. The first-order chi connectivity index (χ1) is 9.82. The van der Waals surface area contributed by atoms with Crippen LogP contribution in [0.3, 0.4) is 0 Å². The van der Waals surface area contributed by atoms with Crippen molar-refractivity contribution in [3.05, 3.63) is 29.6 Å². The molecule has 22 heavy (non-hydrogen) atoms. The number of carbonyl (C=O) groups excluding carboxylic acids is 1. The minimum absolute atomic E-state index is 0.0504. The molecule has 5 nitrogen and oxygen atoms in total. The van der Waals surface area contributed by atoms with Crippen molar-refractivity contribution in [3.63, 3.8) is 0 Å². The monoisotopic (exact) mass is 346 g/mol. The predicted octanol–water partition coefficient (Wildman–Crippen LogP) is 3.53. The van der Waals surface area contributed by atoms with Crippen LogP contribution in [0.15, 0.2) is 23.1 Å². The molecule has 0 aliphatic heterocycles. The second-order valence-electron chi connectivity index (χ2n) is 6.67. The van der Waals surface area contributed by atoms with Gasteiger partial charge in [0.15, 0.2) is 0 Å². The summed E-state index contributed by atoms with van der Waals surface area (Å²) >= 11 is 0. The minimum atomic E-state index is -3.46. The SMILES string of the molecule is COC(=O)c1cc(F)ccc1S(=N)(=O)N[Si](C)(C)C(C)(C)C. The van der Waals surface area contributed by atoms with Crippen LogP contribution in [-0.2, 0) is 14.7 Å². The molecule has 1 aromatic carbocycles. The molecule has 0 spiro atoms. The van der Waals surface area contributed by atoms with Gasteiger partial charge in [0.25, 0.3) is 0 Å². The van der Waals surface area contributed by atoms with E-state index in [4.69, 9.17) is 4.78 Å². The molecule has 1 rings (SSSR count). The molecule has 0 saturated heterocycles. The molecular weight excluding hydrogens is 323 g/mol. The van der Waals surface area contributed by atoms with Gasteiger partial charge in [-0.25, -0.2) is 22.6 Å². The maximum absolute atomic E-state index is 13.4. The Labute approximate surface area is 132 Å². The van der Waals surface area contributed by atoms with Crippen molar-refractivity contribution in [1.82, 2.24) is 4.39 Å². The lowest BCUT2D eigenvalue weighted by atomic mass is 10.2. The Hall–Kier alpha value is -1.25. The smallest absolute Gasteiger partial charge is 0.339 e. The van der Waals surface area contributed by atoms with E-state index in [1.165, 1.54) is 6.07 Å². The van der Waals surface area contributed by atoms with Gasteiger partial charge in [0.2, 0.25) is 0 Å². The zero-order valence-electron chi connectivity index (χ0n) is 13.7. The van der Waals surface area contributed by atoms with E-state index in [0.717, 1.165) is 19.2 Å². The van der Waals surface area contributed by atoms with E-state index in [1.54, 1.807) is 0 Å². The molecular formula is C14H23FN2O3SSi. The van der Waals surface area contributed by atoms with Crippen molar-refractivity contribution in [2.24, 2.45) is 0 Å². The van der Waals surface area contributed by atoms with Gasteiger partial charge in [-0.05, 0) is 23.2 Å².